The van der Waals surface area contributed by atoms with Crippen LogP contribution < -0.4 is 9.64 Å². The molecule has 3 saturated heterocycles. The summed E-state index contributed by atoms with van der Waals surface area (Å²) in [5.41, 5.74) is 5.20. The predicted molar refractivity (Wildman–Crippen MR) is 196 cm³/mol. The number of fused-ring (bicyclic) bond motifs is 3. The highest BCUT2D eigenvalue weighted by Gasteiger charge is 2.45. The van der Waals surface area contributed by atoms with Crippen LogP contribution in [0.25, 0.3) is 28.0 Å². The van der Waals surface area contributed by atoms with Gasteiger partial charge in [-0.05, 0) is 132 Å². The number of aromatic nitrogens is 2. The van der Waals surface area contributed by atoms with Crippen LogP contribution in [0.5, 0.6) is 11.8 Å². The van der Waals surface area contributed by atoms with E-state index in [1.165, 1.54) is 18.9 Å². The summed E-state index contributed by atoms with van der Waals surface area (Å²) >= 11 is 0. The fourth-order valence-electron chi connectivity index (χ4n) is 8.72. The Morgan fingerprint density at radius 3 is 2.53 bits per heavy atom. The minimum atomic E-state index is -0.314. The van der Waals surface area contributed by atoms with Crippen molar-refractivity contribution < 1.29 is 19.0 Å². The Morgan fingerprint density at radius 1 is 1.08 bits per heavy atom. The van der Waals surface area contributed by atoms with Gasteiger partial charge < -0.3 is 19.5 Å². The second-order valence-electron chi connectivity index (χ2n) is 14.8. The number of phenols is 1. The van der Waals surface area contributed by atoms with Crippen molar-refractivity contribution in [3.05, 3.63) is 58.5 Å². The van der Waals surface area contributed by atoms with Gasteiger partial charge in [-0.3, -0.25) is 9.89 Å². The Morgan fingerprint density at radius 2 is 1.84 bits per heavy atom. The molecule has 7 rings (SSSR count). The highest BCUT2D eigenvalue weighted by Crippen LogP contribution is 2.45. The lowest BCUT2D eigenvalue weighted by Gasteiger charge is -2.41. The number of methoxy groups -OCH3 is 1. The zero-order valence-electron chi connectivity index (χ0n) is 29.9. The Bertz CT molecular complexity index is 1860. The number of aromatic hydroxyl groups is 1. The summed E-state index contributed by atoms with van der Waals surface area (Å²) < 4.78 is 28.0. The molecule has 1 aromatic heterocycles. The van der Waals surface area contributed by atoms with E-state index in [4.69, 9.17) is 24.4 Å². The second kappa shape index (κ2) is 13.1. The maximum absolute atomic E-state index is 15.4. The first kappa shape index (κ1) is 33.7. The molecule has 1 N–H and O–H groups in total. The summed E-state index contributed by atoms with van der Waals surface area (Å²) in [6.45, 7) is 14.6. The van der Waals surface area contributed by atoms with Gasteiger partial charge in [-0.15, -0.1) is 0 Å². The van der Waals surface area contributed by atoms with Crippen molar-refractivity contribution in [3.63, 3.8) is 0 Å². The van der Waals surface area contributed by atoms with Crippen LogP contribution in [-0.2, 0) is 11.2 Å². The highest BCUT2D eigenvalue weighted by molar-refractivity contribution is 6.50. The van der Waals surface area contributed by atoms with Gasteiger partial charge in [-0.1, -0.05) is 19.1 Å². The van der Waals surface area contributed by atoms with Crippen LogP contribution >= 0.6 is 0 Å². The monoisotopic (exact) mass is 667 g/mol. The number of hydrogen-bond donors (Lipinski definition) is 1. The molecule has 3 aliphatic heterocycles. The van der Waals surface area contributed by atoms with Gasteiger partial charge in [0.2, 0.25) is 0 Å². The lowest BCUT2D eigenvalue weighted by atomic mass is 9.82. The van der Waals surface area contributed by atoms with Crippen molar-refractivity contribution in [3.8, 4) is 11.8 Å². The summed E-state index contributed by atoms with van der Waals surface area (Å²) in [6, 6.07) is 7.00. The molecule has 1 aliphatic carbocycles. The first-order valence-corrected chi connectivity index (χ1v) is 18.1. The van der Waals surface area contributed by atoms with Gasteiger partial charge >= 0.3 is 6.01 Å². The first-order valence-electron chi connectivity index (χ1n) is 18.1. The quantitative estimate of drug-likeness (QED) is 0.262. The lowest BCUT2D eigenvalue weighted by Crippen LogP contribution is -2.48. The molecular formula is C40H50FN5O3. The van der Waals surface area contributed by atoms with E-state index in [9.17, 15) is 5.11 Å². The molecule has 3 fully saturated rings. The number of allylic oxidation sites excluding steroid dienone is 3. The zero-order chi connectivity index (χ0) is 34.5. The van der Waals surface area contributed by atoms with Crippen LogP contribution in [0.3, 0.4) is 0 Å². The second-order valence-corrected chi connectivity index (χ2v) is 14.8. The number of ether oxygens (including phenoxy) is 2. The van der Waals surface area contributed by atoms with Crippen molar-refractivity contribution in [2.75, 3.05) is 44.8 Å². The normalized spacial score (nSPS) is 23.8. The maximum Gasteiger partial charge on any atom is 0.319 e. The Balaban J connectivity index is 1.46. The SMILES string of the molecule is C/C=C1\C(=NC(C)C)C(c2cc(O)cc3ccc(F)c(CC)c23)=Cc2nc(OCC34CCCN3CCC4)nc(N3CCCC(C)(OC)C3)c21. The van der Waals surface area contributed by atoms with Crippen LogP contribution in [0.15, 0.2) is 35.3 Å². The van der Waals surface area contributed by atoms with Gasteiger partial charge in [0.25, 0.3) is 0 Å². The largest absolute Gasteiger partial charge is 0.508 e. The van der Waals surface area contributed by atoms with Crippen LogP contribution in [0.1, 0.15) is 95.5 Å². The van der Waals surface area contributed by atoms with Crippen molar-refractivity contribution in [1.82, 2.24) is 14.9 Å². The lowest BCUT2D eigenvalue weighted by molar-refractivity contribution is -0.00486. The maximum atomic E-state index is 15.4. The number of phenolic OH excluding ortho intramolecular Hbond substituents is 1. The number of piperidine rings is 1. The molecule has 1 atom stereocenters. The zero-order valence-corrected chi connectivity index (χ0v) is 29.9. The smallest absolute Gasteiger partial charge is 0.319 e. The summed E-state index contributed by atoms with van der Waals surface area (Å²) in [4.78, 5) is 20.4. The molecule has 9 heteroatoms. The van der Waals surface area contributed by atoms with Crippen LogP contribution in [0, 0.1) is 5.82 Å². The van der Waals surface area contributed by atoms with Gasteiger partial charge in [-0.2, -0.15) is 9.97 Å². The molecule has 0 spiro atoms. The molecule has 0 saturated carbocycles. The first-order chi connectivity index (χ1) is 23.6. The van der Waals surface area contributed by atoms with E-state index in [-0.39, 0.29) is 28.7 Å². The number of halogens is 1. The molecule has 49 heavy (non-hydrogen) atoms. The van der Waals surface area contributed by atoms with Gasteiger partial charge in [0.1, 0.15) is 24.0 Å². The topological polar surface area (TPSA) is 83.3 Å². The molecular weight excluding hydrogens is 617 g/mol. The fourth-order valence-corrected chi connectivity index (χ4v) is 8.72. The predicted octanol–water partition coefficient (Wildman–Crippen LogP) is 7.86. The molecule has 0 radical (unpaired) electrons. The minimum Gasteiger partial charge on any atom is -0.508 e. The van der Waals surface area contributed by atoms with Crippen molar-refractivity contribution in [1.29, 1.82) is 0 Å². The number of hydrogen-bond acceptors (Lipinski definition) is 8. The van der Waals surface area contributed by atoms with Gasteiger partial charge in [-0.25, -0.2) is 4.39 Å². The van der Waals surface area contributed by atoms with Gasteiger partial charge in [0, 0.05) is 37.4 Å². The summed E-state index contributed by atoms with van der Waals surface area (Å²) in [5.74, 6) is 0.674. The van der Waals surface area contributed by atoms with Gasteiger partial charge in [0.05, 0.1) is 28.1 Å². The Kier molecular flexibility index (Phi) is 9.03. The highest BCUT2D eigenvalue weighted by atomic mass is 19.1. The molecule has 260 valence electrons. The molecule has 8 nitrogen and oxygen atoms in total. The van der Waals surface area contributed by atoms with Crippen molar-refractivity contribution in [2.24, 2.45) is 4.99 Å². The molecule has 1 unspecified atom stereocenters. The third kappa shape index (κ3) is 6.03. The number of benzene rings is 2. The average molecular weight is 668 g/mol. The summed E-state index contributed by atoms with van der Waals surface area (Å²) in [6.07, 6.45) is 11.2. The van der Waals surface area contributed by atoms with Crippen molar-refractivity contribution >= 4 is 39.5 Å². The van der Waals surface area contributed by atoms with Crippen LogP contribution in [0.4, 0.5) is 10.2 Å². The van der Waals surface area contributed by atoms with Gasteiger partial charge in [0.15, 0.2) is 0 Å². The Labute approximate surface area is 289 Å². The molecule has 0 bridgehead atoms. The standard InChI is InChI=1S/C40H50FN5O3/c1-7-28-32(41)13-12-26-20-27(47)21-30(34(26)28)31-22-33-35(29(8-2)36(31)42-25(3)4)37(45-17-9-14-39(5,23-45)48-6)44-38(43-33)49-24-40-15-10-18-46(40)19-11-16-40/h8,12-13,20-22,25,47H,7,9-11,14-19,23-24H2,1-6H3/b29-8-,42-36?. The number of aryl methyl sites for hydroxylation is 1. The molecule has 3 aromatic rings. The number of aliphatic imine (C=N–C) groups is 1. The number of anilines is 1. The van der Waals surface area contributed by atoms with E-state index in [0.29, 0.717) is 31.1 Å². The summed E-state index contributed by atoms with van der Waals surface area (Å²) in [7, 11) is 1.79. The van der Waals surface area contributed by atoms with E-state index in [0.717, 1.165) is 95.6 Å². The molecule has 2 aromatic carbocycles. The third-order valence-corrected chi connectivity index (χ3v) is 11.2. The van der Waals surface area contributed by atoms with E-state index in [2.05, 4.69) is 42.7 Å². The molecule has 4 heterocycles. The fraction of sp³-hybridized carbons (Fsp3) is 0.525. The van der Waals surface area contributed by atoms with Crippen molar-refractivity contribution in [2.45, 2.75) is 96.7 Å². The van der Waals surface area contributed by atoms with E-state index >= 15 is 4.39 Å². The number of nitrogens with zero attached hydrogens (tertiary/aromatic N) is 5. The minimum absolute atomic E-state index is 0.0281. The van der Waals surface area contributed by atoms with Crippen LogP contribution in [-0.4, -0.2) is 82.8 Å². The van der Waals surface area contributed by atoms with E-state index < -0.39 is 0 Å². The average Bonchev–Trinajstić information content (AvgIpc) is 3.67. The summed E-state index contributed by atoms with van der Waals surface area (Å²) in [5, 5.41) is 12.6. The molecule has 4 aliphatic rings. The number of rotatable bonds is 8. The van der Waals surface area contributed by atoms with E-state index in [1.807, 2.05) is 13.8 Å². The molecule has 0 amide bonds. The van der Waals surface area contributed by atoms with Crippen LogP contribution in [0.2, 0.25) is 0 Å². The Hall–Kier alpha value is -3.82. The van der Waals surface area contributed by atoms with E-state index in [1.54, 1.807) is 25.3 Å². The third-order valence-electron chi connectivity index (χ3n) is 11.2.